The molecule has 0 atom stereocenters. The Morgan fingerprint density at radius 2 is 2.38 bits per heavy atom. The van der Waals surface area contributed by atoms with Gasteiger partial charge in [0.15, 0.2) is 0 Å². The van der Waals surface area contributed by atoms with Gasteiger partial charge in [0.25, 0.3) is 0 Å². The van der Waals surface area contributed by atoms with Crippen LogP contribution >= 0.6 is 15.9 Å². The van der Waals surface area contributed by atoms with E-state index in [1.165, 1.54) is 11.1 Å². The van der Waals surface area contributed by atoms with Gasteiger partial charge in [-0.1, -0.05) is 0 Å². The van der Waals surface area contributed by atoms with Gasteiger partial charge in [-0.3, -0.25) is 4.99 Å². The second-order valence-corrected chi connectivity index (χ2v) is 3.74. The van der Waals surface area contributed by atoms with E-state index in [9.17, 15) is 0 Å². The lowest BCUT2D eigenvalue weighted by Gasteiger charge is -2.07. The van der Waals surface area contributed by atoms with Crippen molar-refractivity contribution in [1.82, 2.24) is 0 Å². The topological polar surface area (TPSA) is 21.6 Å². The van der Waals surface area contributed by atoms with Gasteiger partial charge in [-0.05, 0) is 40.5 Å². The molecule has 68 valence electrons. The molecule has 0 spiro atoms. The van der Waals surface area contributed by atoms with Crippen LogP contribution in [0.15, 0.2) is 21.6 Å². The van der Waals surface area contributed by atoms with Gasteiger partial charge in [0.2, 0.25) is 0 Å². The monoisotopic (exact) mass is 239 g/mol. The fourth-order valence-corrected chi connectivity index (χ4v) is 1.88. The highest BCUT2D eigenvalue weighted by molar-refractivity contribution is 9.10. The summed E-state index contributed by atoms with van der Waals surface area (Å²) in [5, 5.41) is 0. The van der Waals surface area contributed by atoms with Crippen LogP contribution < -0.4 is 4.74 Å². The van der Waals surface area contributed by atoms with Gasteiger partial charge in [0.1, 0.15) is 5.75 Å². The fourth-order valence-electron chi connectivity index (χ4n) is 1.38. The third kappa shape index (κ3) is 1.61. The van der Waals surface area contributed by atoms with Crippen LogP contribution in [0.4, 0.5) is 0 Å². The largest absolute Gasteiger partial charge is 0.493 e. The lowest BCUT2D eigenvalue weighted by atomic mass is 10.1. The molecule has 13 heavy (non-hydrogen) atoms. The van der Waals surface area contributed by atoms with Gasteiger partial charge >= 0.3 is 0 Å². The molecular formula is C10H10BrNO. The minimum Gasteiger partial charge on any atom is -0.493 e. The van der Waals surface area contributed by atoms with E-state index in [4.69, 9.17) is 4.74 Å². The van der Waals surface area contributed by atoms with Crippen LogP contribution in [-0.2, 0) is 6.54 Å². The first kappa shape index (κ1) is 8.75. The SMILES string of the molecule is CCOc1cc2c(cc1Br)CN=C2. The number of hydrogen-bond donors (Lipinski definition) is 0. The van der Waals surface area contributed by atoms with Crippen molar-refractivity contribution >= 4 is 22.1 Å². The molecule has 0 N–H and O–H groups in total. The Balaban J connectivity index is 2.41. The molecule has 2 nitrogen and oxygen atoms in total. The smallest absolute Gasteiger partial charge is 0.134 e. The maximum absolute atomic E-state index is 5.45. The van der Waals surface area contributed by atoms with Crippen LogP contribution in [-0.4, -0.2) is 12.8 Å². The van der Waals surface area contributed by atoms with Crippen LogP contribution in [0, 0.1) is 0 Å². The standard InChI is InChI=1S/C10H10BrNO/c1-2-13-10-4-8-6-12-5-7(8)3-9(10)11/h3-4,6H,2,5H2,1H3. The van der Waals surface area contributed by atoms with E-state index < -0.39 is 0 Å². The number of rotatable bonds is 2. The molecule has 0 bridgehead atoms. The average Bonchev–Trinajstić information content (AvgIpc) is 2.52. The fraction of sp³-hybridized carbons (Fsp3) is 0.300. The molecule has 2 rings (SSSR count). The van der Waals surface area contributed by atoms with Crippen molar-refractivity contribution < 1.29 is 4.74 Å². The van der Waals surface area contributed by atoms with E-state index in [0.29, 0.717) is 6.61 Å². The third-order valence-corrected chi connectivity index (χ3v) is 2.61. The molecule has 0 unspecified atom stereocenters. The minimum atomic E-state index is 0.689. The summed E-state index contributed by atoms with van der Waals surface area (Å²) in [6, 6.07) is 4.10. The van der Waals surface area contributed by atoms with Gasteiger partial charge in [0, 0.05) is 11.8 Å². The average molecular weight is 240 g/mol. The summed E-state index contributed by atoms with van der Waals surface area (Å²) in [5.74, 6) is 0.898. The Morgan fingerprint density at radius 1 is 1.54 bits per heavy atom. The second-order valence-electron chi connectivity index (χ2n) is 2.88. The lowest BCUT2D eigenvalue weighted by molar-refractivity contribution is 0.338. The molecule has 0 amide bonds. The van der Waals surface area contributed by atoms with Crippen molar-refractivity contribution in [2.24, 2.45) is 4.99 Å². The van der Waals surface area contributed by atoms with Crippen molar-refractivity contribution in [3.8, 4) is 5.75 Å². The normalized spacial score (nSPS) is 13.1. The summed E-state index contributed by atoms with van der Waals surface area (Å²) in [4.78, 5) is 4.19. The Labute approximate surface area is 85.8 Å². The maximum Gasteiger partial charge on any atom is 0.134 e. The first-order valence-electron chi connectivity index (χ1n) is 4.26. The summed E-state index contributed by atoms with van der Waals surface area (Å²) >= 11 is 3.47. The number of ether oxygens (including phenoxy) is 1. The lowest BCUT2D eigenvalue weighted by Crippen LogP contribution is -1.94. The Morgan fingerprint density at radius 3 is 3.15 bits per heavy atom. The summed E-state index contributed by atoms with van der Waals surface area (Å²) in [6.45, 7) is 3.46. The molecule has 3 heteroatoms. The number of benzene rings is 1. The van der Waals surface area contributed by atoms with E-state index in [-0.39, 0.29) is 0 Å². The maximum atomic E-state index is 5.45. The zero-order chi connectivity index (χ0) is 9.26. The second kappa shape index (κ2) is 3.50. The Hall–Kier alpha value is -0.830. The third-order valence-electron chi connectivity index (χ3n) is 1.99. The number of halogens is 1. The molecule has 0 aromatic heterocycles. The van der Waals surface area contributed by atoms with Crippen molar-refractivity contribution in [2.75, 3.05) is 6.61 Å². The van der Waals surface area contributed by atoms with E-state index in [1.807, 2.05) is 19.2 Å². The molecule has 1 aromatic rings. The number of fused-ring (bicyclic) bond motifs is 1. The van der Waals surface area contributed by atoms with E-state index >= 15 is 0 Å². The zero-order valence-corrected chi connectivity index (χ0v) is 8.97. The minimum absolute atomic E-state index is 0.689. The molecule has 1 aliphatic rings. The number of nitrogens with zero attached hydrogens (tertiary/aromatic N) is 1. The van der Waals surface area contributed by atoms with Gasteiger partial charge < -0.3 is 4.74 Å². The highest BCUT2D eigenvalue weighted by Crippen LogP contribution is 2.30. The van der Waals surface area contributed by atoms with E-state index in [2.05, 4.69) is 27.0 Å². The predicted octanol–water partition coefficient (Wildman–Crippen LogP) is 2.78. The molecular weight excluding hydrogens is 230 g/mol. The van der Waals surface area contributed by atoms with E-state index in [0.717, 1.165) is 16.8 Å². The van der Waals surface area contributed by atoms with Crippen molar-refractivity contribution in [1.29, 1.82) is 0 Å². The molecule has 1 heterocycles. The van der Waals surface area contributed by atoms with Crippen LogP contribution in [0.25, 0.3) is 0 Å². The first-order chi connectivity index (χ1) is 6.31. The number of hydrogen-bond acceptors (Lipinski definition) is 2. The van der Waals surface area contributed by atoms with E-state index in [1.54, 1.807) is 0 Å². The summed E-state index contributed by atoms with van der Waals surface area (Å²) in [6.07, 6.45) is 1.89. The van der Waals surface area contributed by atoms with Gasteiger partial charge in [-0.15, -0.1) is 0 Å². The van der Waals surface area contributed by atoms with Crippen LogP contribution in [0.3, 0.4) is 0 Å². The zero-order valence-electron chi connectivity index (χ0n) is 7.38. The van der Waals surface area contributed by atoms with Gasteiger partial charge in [0.05, 0.1) is 17.6 Å². The highest BCUT2D eigenvalue weighted by atomic mass is 79.9. The molecule has 1 aromatic carbocycles. The molecule has 0 saturated carbocycles. The van der Waals surface area contributed by atoms with Crippen molar-refractivity contribution in [2.45, 2.75) is 13.5 Å². The molecule has 0 fully saturated rings. The summed E-state index contributed by atoms with van der Waals surface area (Å²) in [5.41, 5.74) is 2.43. The first-order valence-corrected chi connectivity index (χ1v) is 5.05. The van der Waals surface area contributed by atoms with Crippen LogP contribution in [0.2, 0.25) is 0 Å². The van der Waals surface area contributed by atoms with Crippen LogP contribution in [0.1, 0.15) is 18.1 Å². The molecule has 0 saturated heterocycles. The molecule has 1 aliphatic heterocycles. The van der Waals surface area contributed by atoms with Crippen molar-refractivity contribution in [3.63, 3.8) is 0 Å². The highest BCUT2D eigenvalue weighted by Gasteiger charge is 2.10. The summed E-state index contributed by atoms with van der Waals surface area (Å²) in [7, 11) is 0. The summed E-state index contributed by atoms with van der Waals surface area (Å²) < 4.78 is 6.47. The predicted molar refractivity (Wildman–Crippen MR) is 56.6 cm³/mol. The Bertz CT molecular complexity index is 360. The van der Waals surface area contributed by atoms with Gasteiger partial charge in [-0.25, -0.2) is 0 Å². The molecule has 0 aliphatic carbocycles. The van der Waals surface area contributed by atoms with Crippen molar-refractivity contribution in [3.05, 3.63) is 27.7 Å². The quantitative estimate of drug-likeness (QED) is 0.778. The molecule has 0 radical (unpaired) electrons. The number of aliphatic imine (C=N–C) groups is 1. The van der Waals surface area contributed by atoms with Gasteiger partial charge in [-0.2, -0.15) is 0 Å². The Kier molecular flexibility index (Phi) is 2.36. The van der Waals surface area contributed by atoms with Crippen LogP contribution in [0.5, 0.6) is 5.75 Å².